The molecular formula is C16H17N3O3. The van der Waals surface area contributed by atoms with Crippen molar-refractivity contribution in [2.45, 2.75) is 6.10 Å². The number of nitrogens with zero attached hydrogens (tertiary/aromatic N) is 3. The van der Waals surface area contributed by atoms with Crippen molar-refractivity contribution in [3.05, 3.63) is 54.1 Å². The smallest absolute Gasteiger partial charge is 0.257 e. The molecule has 1 aliphatic rings. The van der Waals surface area contributed by atoms with Crippen LogP contribution in [0.2, 0.25) is 0 Å². The van der Waals surface area contributed by atoms with E-state index in [4.69, 9.17) is 9.47 Å². The fraction of sp³-hybridized carbons (Fsp3) is 0.312. The third kappa shape index (κ3) is 2.92. The number of aromatic nitrogens is 2. The van der Waals surface area contributed by atoms with Crippen LogP contribution >= 0.6 is 0 Å². The van der Waals surface area contributed by atoms with Gasteiger partial charge in [-0.15, -0.1) is 0 Å². The molecule has 1 fully saturated rings. The average molecular weight is 299 g/mol. The van der Waals surface area contributed by atoms with Gasteiger partial charge >= 0.3 is 0 Å². The molecule has 1 aliphatic heterocycles. The lowest BCUT2D eigenvalue weighted by Crippen LogP contribution is -2.42. The third-order valence-electron chi connectivity index (χ3n) is 3.60. The first-order chi connectivity index (χ1) is 10.8. The van der Waals surface area contributed by atoms with Gasteiger partial charge in [-0.3, -0.25) is 14.8 Å². The van der Waals surface area contributed by atoms with E-state index in [2.05, 4.69) is 9.97 Å². The molecule has 6 heteroatoms. The van der Waals surface area contributed by atoms with Crippen LogP contribution in [0.25, 0.3) is 0 Å². The fourth-order valence-corrected chi connectivity index (χ4v) is 2.48. The van der Waals surface area contributed by atoms with Gasteiger partial charge in [0.2, 0.25) is 0 Å². The van der Waals surface area contributed by atoms with E-state index in [9.17, 15) is 4.79 Å². The van der Waals surface area contributed by atoms with Gasteiger partial charge in [-0.05, 0) is 12.1 Å². The van der Waals surface area contributed by atoms with Gasteiger partial charge in [-0.2, -0.15) is 0 Å². The molecule has 0 aliphatic carbocycles. The van der Waals surface area contributed by atoms with E-state index < -0.39 is 0 Å². The van der Waals surface area contributed by atoms with Crippen molar-refractivity contribution in [2.75, 3.05) is 26.8 Å². The molecule has 114 valence electrons. The van der Waals surface area contributed by atoms with Crippen molar-refractivity contribution in [3.8, 4) is 5.75 Å². The molecular weight excluding hydrogens is 282 g/mol. The van der Waals surface area contributed by atoms with E-state index in [0.29, 0.717) is 31.0 Å². The number of ether oxygens (including phenoxy) is 2. The van der Waals surface area contributed by atoms with Crippen LogP contribution in [0.15, 0.2) is 42.9 Å². The summed E-state index contributed by atoms with van der Waals surface area (Å²) in [5.74, 6) is 0.518. The Bertz CT molecular complexity index is 648. The predicted molar refractivity (Wildman–Crippen MR) is 79.6 cm³/mol. The molecule has 1 atom stereocenters. The zero-order chi connectivity index (χ0) is 15.4. The number of methoxy groups -OCH3 is 1. The third-order valence-corrected chi connectivity index (χ3v) is 3.60. The number of benzene rings is 1. The second-order valence-corrected chi connectivity index (χ2v) is 4.94. The number of carbonyl (C=O) groups is 1. The maximum Gasteiger partial charge on any atom is 0.257 e. The number of para-hydroxylation sites is 1. The van der Waals surface area contributed by atoms with Gasteiger partial charge in [0.25, 0.3) is 5.91 Å². The Morgan fingerprint density at radius 1 is 1.36 bits per heavy atom. The van der Waals surface area contributed by atoms with E-state index in [1.165, 1.54) is 0 Å². The van der Waals surface area contributed by atoms with Crippen LogP contribution in [-0.4, -0.2) is 47.6 Å². The summed E-state index contributed by atoms with van der Waals surface area (Å²) in [6.45, 7) is 1.48. The van der Waals surface area contributed by atoms with E-state index >= 15 is 0 Å². The molecule has 1 saturated heterocycles. The molecule has 0 saturated carbocycles. The average Bonchev–Trinajstić information content (AvgIpc) is 2.62. The Morgan fingerprint density at radius 3 is 3.00 bits per heavy atom. The molecule has 1 aromatic carbocycles. The molecule has 0 N–H and O–H groups in total. The van der Waals surface area contributed by atoms with Gasteiger partial charge in [0.05, 0.1) is 37.7 Å². The highest BCUT2D eigenvalue weighted by Gasteiger charge is 2.28. The Balaban J connectivity index is 1.78. The zero-order valence-corrected chi connectivity index (χ0v) is 12.3. The lowest BCUT2D eigenvalue weighted by Gasteiger charge is -2.32. The van der Waals surface area contributed by atoms with Crippen molar-refractivity contribution in [2.24, 2.45) is 0 Å². The topological polar surface area (TPSA) is 64.5 Å². The Hall–Kier alpha value is -2.47. The summed E-state index contributed by atoms with van der Waals surface area (Å²) in [7, 11) is 1.56. The number of hydrogen-bond acceptors (Lipinski definition) is 5. The SMILES string of the molecule is COc1ccccc1C(=O)N1CCO[C@H](c2cnccn2)C1. The summed E-state index contributed by atoms with van der Waals surface area (Å²) in [6.07, 6.45) is 4.66. The van der Waals surface area contributed by atoms with Crippen LogP contribution in [0.3, 0.4) is 0 Å². The van der Waals surface area contributed by atoms with Crippen LogP contribution in [0.4, 0.5) is 0 Å². The highest BCUT2D eigenvalue weighted by atomic mass is 16.5. The van der Waals surface area contributed by atoms with E-state index in [-0.39, 0.29) is 12.0 Å². The summed E-state index contributed by atoms with van der Waals surface area (Å²) in [5.41, 5.74) is 1.30. The molecule has 0 unspecified atom stereocenters. The van der Waals surface area contributed by atoms with E-state index in [1.54, 1.807) is 42.7 Å². The summed E-state index contributed by atoms with van der Waals surface area (Å²) in [6, 6.07) is 7.23. The Kier molecular flexibility index (Phi) is 4.29. The van der Waals surface area contributed by atoms with Crippen molar-refractivity contribution in [3.63, 3.8) is 0 Å². The number of hydrogen-bond donors (Lipinski definition) is 0. The second-order valence-electron chi connectivity index (χ2n) is 4.94. The van der Waals surface area contributed by atoms with Crippen LogP contribution in [0, 0.1) is 0 Å². The largest absolute Gasteiger partial charge is 0.496 e. The molecule has 1 aromatic heterocycles. The molecule has 3 rings (SSSR count). The monoisotopic (exact) mass is 299 g/mol. The number of morpholine rings is 1. The van der Waals surface area contributed by atoms with Crippen molar-refractivity contribution in [1.29, 1.82) is 0 Å². The number of amides is 1. The highest BCUT2D eigenvalue weighted by Crippen LogP contribution is 2.24. The van der Waals surface area contributed by atoms with E-state index in [0.717, 1.165) is 5.69 Å². The van der Waals surface area contributed by atoms with Crippen LogP contribution in [-0.2, 0) is 4.74 Å². The summed E-state index contributed by atoms with van der Waals surface area (Å²) in [4.78, 5) is 22.8. The first-order valence-electron chi connectivity index (χ1n) is 7.09. The van der Waals surface area contributed by atoms with Gasteiger partial charge in [-0.25, -0.2) is 0 Å². The maximum absolute atomic E-state index is 12.7. The van der Waals surface area contributed by atoms with Gasteiger partial charge in [0.15, 0.2) is 0 Å². The quantitative estimate of drug-likeness (QED) is 0.863. The minimum Gasteiger partial charge on any atom is -0.496 e. The standard InChI is InChI=1S/C16H17N3O3/c1-21-14-5-3-2-4-12(14)16(20)19-8-9-22-15(11-19)13-10-17-6-7-18-13/h2-7,10,15H,8-9,11H2,1H3/t15-/m0/s1. The lowest BCUT2D eigenvalue weighted by atomic mass is 10.1. The number of rotatable bonds is 3. The Labute approximate surface area is 128 Å². The molecule has 2 heterocycles. The van der Waals surface area contributed by atoms with Gasteiger partial charge < -0.3 is 14.4 Å². The van der Waals surface area contributed by atoms with Crippen LogP contribution < -0.4 is 4.74 Å². The molecule has 0 spiro atoms. The van der Waals surface area contributed by atoms with Crippen LogP contribution in [0.5, 0.6) is 5.75 Å². The minimum atomic E-state index is -0.249. The van der Waals surface area contributed by atoms with Gasteiger partial charge in [0.1, 0.15) is 11.9 Å². The minimum absolute atomic E-state index is 0.0605. The predicted octanol–water partition coefficient (Wildman–Crippen LogP) is 1.70. The first-order valence-corrected chi connectivity index (χ1v) is 7.09. The summed E-state index contributed by atoms with van der Waals surface area (Å²) >= 11 is 0. The molecule has 2 aromatic rings. The molecule has 1 amide bonds. The highest BCUT2D eigenvalue weighted by molar-refractivity contribution is 5.97. The summed E-state index contributed by atoms with van der Waals surface area (Å²) < 4.78 is 11.0. The van der Waals surface area contributed by atoms with Gasteiger partial charge in [0, 0.05) is 18.9 Å². The molecule has 0 bridgehead atoms. The van der Waals surface area contributed by atoms with Crippen LogP contribution in [0.1, 0.15) is 22.2 Å². The normalized spacial score (nSPS) is 18.0. The Morgan fingerprint density at radius 2 is 2.23 bits per heavy atom. The van der Waals surface area contributed by atoms with Crippen molar-refractivity contribution in [1.82, 2.24) is 14.9 Å². The zero-order valence-electron chi connectivity index (χ0n) is 12.3. The molecule has 0 radical (unpaired) electrons. The molecule has 6 nitrogen and oxygen atoms in total. The van der Waals surface area contributed by atoms with Crippen molar-refractivity contribution < 1.29 is 14.3 Å². The first kappa shape index (κ1) is 14.5. The van der Waals surface area contributed by atoms with E-state index in [1.807, 2.05) is 12.1 Å². The second kappa shape index (κ2) is 6.53. The lowest BCUT2D eigenvalue weighted by molar-refractivity contribution is -0.0249. The molecule has 22 heavy (non-hydrogen) atoms. The van der Waals surface area contributed by atoms with Gasteiger partial charge in [-0.1, -0.05) is 12.1 Å². The van der Waals surface area contributed by atoms with Crippen molar-refractivity contribution >= 4 is 5.91 Å². The fourth-order valence-electron chi connectivity index (χ4n) is 2.48. The number of carbonyl (C=O) groups excluding carboxylic acids is 1. The maximum atomic E-state index is 12.7. The summed E-state index contributed by atoms with van der Waals surface area (Å²) in [5, 5.41) is 0.